The third kappa shape index (κ3) is 3.19. The van der Waals surface area contributed by atoms with E-state index < -0.39 is 0 Å². The standard InChI is InChI=1S/C20H25N/c1-20(2)15-17-12-6-7-13-18(17)19(20)21-14-8-11-16-9-4-3-5-10-16/h3-7,9-10,12-13,19,21H,8,11,14-15H2,1-2H3. The largest absolute Gasteiger partial charge is 0.309 e. The Kier molecular flexibility index (Phi) is 4.12. The molecule has 1 nitrogen and oxygen atoms in total. The van der Waals surface area contributed by atoms with Crippen LogP contribution in [0.4, 0.5) is 0 Å². The number of aryl methyl sites for hydroxylation is 1. The predicted molar refractivity (Wildman–Crippen MR) is 89.4 cm³/mol. The summed E-state index contributed by atoms with van der Waals surface area (Å²) in [6.07, 6.45) is 3.53. The van der Waals surface area contributed by atoms with Crippen molar-refractivity contribution in [2.45, 2.75) is 39.2 Å². The van der Waals surface area contributed by atoms with E-state index >= 15 is 0 Å². The molecule has 0 spiro atoms. The van der Waals surface area contributed by atoms with Crippen LogP contribution in [-0.2, 0) is 12.8 Å². The molecule has 3 rings (SSSR count). The minimum absolute atomic E-state index is 0.316. The molecule has 0 radical (unpaired) electrons. The molecule has 1 heteroatoms. The van der Waals surface area contributed by atoms with Crippen LogP contribution < -0.4 is 5.32 Å². The first-order chi connectivity index (χ1) is 10.2. The second-order valence-corrected chi connectivity index (χ2v) is 6.84. The van der Waals surface area contributed by atoms with Crippen LogP contribution >= 0.6 is 0 Å². The van der Waals surface area contributed by atoms with E-state index in [0.717, 1.165) is 13.0 Å². The fourth-order valence-corrected chi connectivity index (χ4v) is 3.56. The normalized spacial score (nSPS) is 19.4. The van der Waals surface area contributed by atoms with Gasteiger partial charge in [-0.3, -0.25) is 0 Å². The van der Waals surface area contributed by atoms with Crippen LogP contribution in [0.3, 0.4) is 0 Å². The molecule has 0 aliphatic heterocycles. The number of nitrogens with one attached hydrogen (secondary N) is 1. The molecule has 1 atom stereocenters. The lowest BCUT2D eigenvalue weighted by Gasteiger charge is -2.28. The minimum atomic E-state index is 0.316. The van der Waals surface area contributed by atoms with Gasteiger partial charge in [-0.05, 0) is 47.9 Å². The van der Waals surface area contributed by atoms with Crippen LogP contribution in [0.1, 0.15) is 43.0 Å². The minimum Gasteiger partial charge on any atom is -0.309 e. The second kappa shape index (κ2) is 6.03. The molecule has 0 fully saturated rings. The van der Waals surface area contributed by atoms with Gasteiger partial charge in [0, 0.05) is 6.04 Å². The van der Waals surface area contributed by atoms with Crippen molar-refractivity contribution in [2.75, 3.05) is 6.54 Å². The van der Waals surface area contributed by atoms with Gasteiger partial charge in [-0.2, -0.15) is 0 Å². The molecular weight excluding hydrogens is 254 g/mol. The number of fused-ring (bicyclic) bond motifs is 1. The van der Waals surface area contributed by atoms with Gasteiger partial charge in [-0.1, -0.05) is 68.4 Å². The average Bonchev–Trinajstić information content (AvgIpc) is 2.75. The van der Waals surface area contributed by atoms with Crippen molar-refractivity contribution < 1.29 is 0 Å². The molecule has 0 heterocycles. The maximum absolute atomic E-state index is 3.80. The molecule has 1 unspecified atom stereocenters. The van der Waals surface area contributed by atoms with Crippen LogP contribution in [0.2, 0.25) is 0 Å². The molecule has 0 saturated carbocycles. The van der Waals surface area contributed by atoms with Gasteiger partial charge in [0.15, 0.2) is 0 Å². The van der Waals surface area contributed by atoms with E-state index in [1.807, 2.05) is 0 Å². The van der Waals surface area contributed by atoms with Gasteiger partial charge in [0.25, 0.3) is 0 Å². The molecule has 1 aliphatic carbocycles. The summed E-state index contributed by atoms with van der Waals surface area (Å²) in [4.78, 5) is 0. The van der Waals surface area contributed by atoms with Crippen molar-refractivity contribution in [3.05, 3.63) is 71.3 Å². The molecule has 1 aliphatic rings. The van der Waals surface area contributed by atoms with E-state index in [1.165, 1.54) is 29.5 Å². The summed E-state index contributed by atoms with van der Waals surface area (Å²) in [5, 5.41) is 3.80. The summed E-state index contributed by atoms with van der Waals surface area (Å²) in [7, 11) is 0. The van der Waals surface area contributed by atoms with Crippen LogP contribution in [0.15, 0.2) is 54.6 Å². The van der Waals surface area contributed by atoms with E-state index in [-0.39, 0.29) is 0 Å². The van der Waals surface area contributed by atoms with Gasteiger partial charge >= 0.3 is 0 Å². The summed E-state index contributed by atoms with van der Waals surface area (Å²) in [5.41, 5.74) is 4.77. The highest BCUT2D eigenvalue weighted by Gasteiger charge is 2.37. The van der Waals surface area contributed by atoms with Gasteiger partial charge in [0.1, 0.15) is 0 Å². The van der Waals surface area contributed by atoms with E-state index in [9.17, 15) is 0 Å². The molecule has 2 aromatic rings. The van der Waals surface area contributed by atoms with E-state index in [2.05, 4.69) is 73.8 Å². The molecule has 110 valence electrons. The van der Waals surface area contributed by atoms with Crippen LogP contribution in [0.5, 0.6) is 0 Å². The number of hydrogen-bond acceptors (Lipinski definition) is 1. The first-order valence-corrected chi connectivity index (χ1v) is 8.02. The highest BCUT2D eigenvalue weighted by molar-refractivity contribution is 5.37. The van der Waals surface area contributed by atoms with Crippen molar-refractivity contribution >= 4 is 0 Å². The van der Waals surface area contributed by atoms with Crippen LogP contribution in [0.25, 0.3) is 0 Å². The average molecular weight is 279 g/mol. The van der Waals surface area contributed by atoms with Crippen molar-refractivity contribution in [3.8, 4) is 0 Å². The highest BCUT2D eigenvalue weighted by Crippen LogP contribution is 2.44. The van der Waals surface area contributed by atoms with Crippen molar-refractivity contribution in [3.63, 3.8) is 0 Å². The zero-order valence-electron chi connectivity index (χ0n) is 13.1. The molecule has 0 saturated heterocycles. The van der Waals surface area contributed by atoms with Gasteiger partial charge in [-0.25, -0.2) is 0 Å². The fraction of sp³-hybridized carbons (Fsp3) is 0.400. The Balaban J connectivity index is 1.57. The topological polar surface area (TPSA) is 12.0 Å². The number of hydrogen-bond donors (Lipinski definition) is 1. The van der Waals surface area contributed by atoms with E-state index in [1.54, 1.807) is 0 Å². The Morgan fingerprint density at radius 3 is 2.52 bits per heavy atom. The number of benzene rings is 2. The third-order valence-electron chi connectivity index (χ3n) is 4.63. The lowest BCUT2D eigenvalue weighted by molar-refractivity contribution is 0.269. The Labute approximate surface area is 128 Å². The first kappa shape index (κ1) is 14.3. The van der Waals surface area contributed by atoms with Crippen LogP contribution in [0, 0.1) is 5.41 Å². The molecule has 0 bridgehead atoms. The van der Waals surface area contributed by atoms with E-state index in [0.29, 0.717) is 11.5 Å². The van der Waals surface area contributed by atoms with Crippen molar-refractivity contribution in [1.82, 2.24) is 5.32 Å². The maximum atomic E-state index is 3.80. The summed E-state index contributed by atoms with van der Waals surface area (Å²) >= 11 is 0. The monoisotopic (exact) mass is 279 g/mol. The lowest BCUT2D eigenvalue weighted by atomic mass is 9.85. The van der Waals surface area contributed by atoms with Gasteiger partial charge in [0.05, 0.1) is 0 Å². The maximum Gasteiger partial charge on any atom is 0.0377 e. The highest BCUT2D eigenvalue weighted by atomic mass is 14.9. The Bertz CT molecular complexity index is 586. The summed E-state index contributed by atoms with van der Waals surface area (Å²) in [5.74, 6) is 0. The summed E-state index contributed by atoms with van der Waals surface area (Å²) < 4.78 is 0. The first-order valence-electron chi connectivity index (χ1n) is 8.02. The Hall–Kier alpha value is -1.60. The van der Waals surface area contributed by atoms with Gasteiger partial charge in [-0.15, -0.1) is 0 Å². The number of rotatable bonds is 5. The molecule has 0 aromatic heterocycles. The van der Waals surface area contributed by atoms with Gasteiger partial charge < -0.3 is 5.32 Å². The zero-order valence-corrected chi connectivity index (χ0v) is 13.1. The van der Waals surface area contributed by atoms with Gasteiger partial charge in [0.2, 0.25) is 0 Å². The third-order valence-corrected chi connectivity index (χ3v) is 4.63. The second-order valence-electron chi connectivity index (χ2n) is 6.84. The fourth-order valence-electron chi connectivity index (χ4n) is 3.56. The molecule has 21 heavy (non-hydrogen) atoms. The van der Waals surface area contributed by atoms with E-state index in [4.69, 9.17) is 0 Å². The van der Waals surface area contributed by atoms with Crippen molar-refractivity contribution in [1.29, 1.82) is 0 Å². The lowest BCUT2D eigenvalue weighted by Crippen LogP contribution is -2.32. The molecule has 1 N–H and O–H groups in total. The van der Waals surface area contributed by atoms with Crippen molar-refractivity contribution in [2.24, 2.45) is 5.41 Å². The summed E-state index contributed by atoms with van der Waals surface area (Å²) in [6.45, 7) is 5.83. The predicted octanol–water partition coefficient (Wildman–Crippen LogP) is 4.53. The summed E-state index contributed by atoms with van der Waals surface area (Å²) in [6, 6.07) is 20.2. The zero-order chi connectivity index (χ0) is 14.7. The molecule has 0 amide bonds. The molecule has 2 aromatic carbocycles. The SMILES string of the molecule is CC1(C)Cc2ccccc2C1NCCCc1ccccc1. The quantitative estimate of drug-likeness (QED) is 0.793. The Morgan fingerprint density at radius 1 is 1.00 bits per heavy atom. The Morgan fingerprint density at radius 2 is 1.71 bits per heavy atom. The van der Waals surface area contributed by atoms with Crippen LogP contribution in [-0.4, -0.2) is 6.54 Å². The molecular formula is C20H25N. The smallest absolute Gasteiger partial charge is 0.0377 e.